The van der Waals surface area contributed by atoms with E-state index in [1.165, 1.54) is 12.0 Å². The molecule has 9 heteroatoms. The number of carbonyl (C=O) groups excluding carboxylic acids is 3. The van der Waals surface area contributed by atoms with Crippen molar-refractivity contribution in [3.8, 4) is 0 Å². The summed E-state index contributed by atoms with van der Waals surface area (Å²) in [4.78, 5) is 40.2. The van der Waals surface area contributed by atoms with E-state index in [2.05, 4.69) is 5.10 Å². The maximum Gasteiger partial charge on any atom is 0.339 e. The van der Waals surface area contributed by atoms with Crippen molar-refractivity contribution in [1.29, 1.82) is 0 Å². The van der Waals surface area contributed by atoms with Crippen molar-refractivity contribution in [2.24, 2.45) is 7.05 Å². The van der Waals surface area contributed by atoms with Crippen LogP contribution in [-0.4, -0.2) is 82.9 Å². The number of rotatable bonds is 2. The lowest BCUT2D eigenvalue weighted by molar-refractivity contribution is -0.182. The van der Waals surface area contributed by atoms with Crippen LogP contribution in [0.1, 0.15) is 31.2 Å². The molecule has 2 amide bonds. The fraction of sp³-hybridized carbons (Fsp3) is 0.667. The number of methoxy groups -OCH3 is 1. The van der Waals surface area contributed by atoms with Gasteiger partial charge in [-0.25, -0.2) is 4.79 Å². The molecule has 1 atom stereocenters. The highest BCUT2D eigenvalue weighted by Crippen LogP contribution is 2.28. The number of carbonyl (C=O) groups is 3. The number of aryl methyl sites for hydroxylation is 1. The Labute approximate surface area is 158 Å². The largest absolute Gasteiger partial charge is 0.467 e. The van der Waals surface area contributed by atoms with Crippen molar-refractivity contribution in [3.05, 3.63) is 18.0 Å². The fourth-order valence-electron chi connectivity index (χ4n) is 3.72. The van der Waals surface area contributed by atoms with Gasteiger partial charge >= 0.3 is 17.8 Å². The van der Waals surface area contributed by atoms with Crippen LogP contribution in [0.25, 0.3) is 0 Å². The van der Waals surface area contributed by atoms with Gasteiger partial charge in [0.25, 0.3) is 0 Å². The molecule has 0 N–H and O–H groups in total. The van der Waals surface area contributed by atoms with E-state index in [1.807, 2.05) is 19.4 Å². The molecule has 9 nitrogen and oxygen atoms in total. The van der Waals surface area contributed by atoms with Crippen molar-refractivity contribution in [1.82, 2.24) is 19.6 Å². The Hall–Kier alpha value is -2.42. The Morgan fingerprint density at radius 2 is 1.85 bits per heavy atom. The number of morpholine rings is 1. The minimum Gasteiger partial charge on any atom is -0.467 e. The molecule has 0 saturated carbocycles. The Balaban J connectivity index is 1.58. The lowest BCUT2D eigenvalue weighted by Crippen LogP contribution is -2.59. The van der Waals surface area contributed by atoms with Crippen LogP contribution in [0.2, 0.25) is 0 Å². The van der Waals surface area contributed by atoms with Gasteiger partial charge in [-0.2, -0.15) is 5.10 Å². The van der Waals surface area contributed by atoms with E-state index in [-0.39, 0.29) is 19.7 Å². The molecule has 0 spiro atoms. The van der Waals surface area contributed by atoms with Crippen LogP contribution in [0.5, 0.6) is 0 Å². The van der Waals surface area contributed by atoms with Crippen LogP contribution >= 0.6 is 0 Å². The molecular weight excluding hydrogens is 352 g/mol. The monoisotopic (exact) mass is 378 g/mol. The second kappa shape index (κ2) is 7.67. The van der Waals surface area contributed by atoms with Gasteiger partial charge in [0.05, 0.1) is 26.5 Å². The third kappa shape index (κ3) is 3.97. The number of nitrogens with zero attached hydrogens (tertiary/aromatic N) is 4. The number of aromatic nitrogens is 2. The van der Waals surface area contributed by atoms with Gasteiger partial charge in [-0.05, 0) is 31.2 Å². The summed E-state index contributed by atoms with van der Waals surface area (Å²) >= 11 is 0. The molecule has 27 heavy (non-hydrogen) atoms. The standard InChI is InChI=1S/C18H26N4O5/c1-18(17(25)26-3)12-22(8-9-27-18)16(24)15(23)21-6-4-13(5-7-21)14-10-19-20(2)11-14/h10-11,13H,4-9,12H2,1-3H3. The molecular formula is C18H26N4O5. The van der Waals surface area contributed by atoms with E-state index in [0.29, 0.717) is 19.0 Å². The summed E-state index contributed by atoms with van der Waals surface area (Å²) in [6.07, 6.45) is 5.45. The number of hydrogen-bond acceptors (Lipinski definition) is 6. The van der Waals surface area contributed by atoms with Crippen molar-refractivity contribution in [2.75, 3.05) is 39.9 Å². The summed E-state index contributed by atoms with van der Waals surface area (Å²) in [5.41, 5.74) is -0.0751. The molecule has 0 aliphatic carbocycles. The van der Waals surface area contributed by atoms with Gasteiger partial charge in [0.2, 0.25) is 0 Å². The van der Waals surface area contributed by atoms with Gasteiger partial charge in [-0.3, -0.25) is 14.3 Å². The summed E-state index contributed by atoms with van der Waals surface area (Å²) in [6, 6.07) is 0. The molecule has 0 bridgehead atoms. The third-order valence-electron chi connectivity index (χ3n) is 5.34. The minimum absolute atomic E-state index is 0.0103. The second-order valence-corrected chi connectivity index (χ2v) is 7.31. The molecule has 2 aliphatic heterocycles. The lowest BCUT2D eigenvalue weighted by atomic mass is 9.91. The molecule has 1 aromatic heterocycles. The Kier molecular flexibility index (Phi) is 5.50. The maximum absolute atomic E-state index is 12.7. The quantitative estimate of drug-likeness (QED) is 0.528. The molecule has 3 heterocycles. The molecule has 2 saturated heterocycles. The molecule has 0 radical (unpaired) electrons. The zero-order valence-corrected chi connectivity index (χ0v) is 16.0. The highest BCUT2D eigenvalue weighted by molar-refractivity contribution is 6.35. The molecule has 148 valence electrons. The minimum atomic E-state index is -1.24. The number of likely N-dealkylation sites (tertiary alicyclic amines) is 1. The maximum atomic E-state index is 12.7. The van der Waals surface area contributed by atoms with E-state index >= 15 is 0 Å². The summed E-state index contributed by atoms with van der Waals surface area (Å²) in [5, 5.41) is 4.20. The predicted octanol–water partition coefficient (Wildman–Crippen LogP) is -0.0834. The van der Waals surface area contributed by atoms with Crippen LogP contribution in [-0.2, 0) is 30.9 Å². The van der Waals surface area contributed by atoms with Crippen LogP contribution in [0.3, 0.4) is 0 Å². The van der Waals surface area contributed by atoms with Gasteiger partial charge in [0, 0.05) is 32.9 Å². The predicted molar refractivity (Wildman–Crippen MR) is 94.7 cm³/mol. The molecule has 3 rings (SSSR count). The molecule has 0 aromatic carbocycles. The molecule has 1 aromatic rings. The first kappa shape index (κ1) is 19.3. The topological polar surface area (TPSA) is 94.0 Å². The highest BCUT2D eigenvalue weighted by Gasteiger charge is 2.43. The number of piperidine rings is 1. The van der Waals surface area contributed by atoms with Gasteiger partial charge < -0.3 is 19.3 Å². The average molecular weight is 378 g/mol. The average Bonchev–Trinajstić information content (AvgIpc) is 3.12. The smallest absolute Gasteiger partial charge is 0.339 e. The van der Waals surface area contributed by atoms with Gasteiger partial charge in [-0.15, -0.1) is 0 Å². The second-order valence-electron chi connectivity index (χ2n) is 7.31. The van der Waals surface area contributed by atoms with Crippen molar-refractivity contribution in [3.63, 3.8) is 0 Å². The summed E-state index contributed by atoms with van der Waals surface area (Å²) in [7, 11) is 3.15. The van der Waals surface area contributed by atoms with E-state index in [9.17, 15) is 14.4 Å². The van der Waals surface area contributed by atoms with Crippen molar-refractivity contribution in [2.45, 2.75) is 31.3 Å². The van der Waals surface area contributed by atoms with Gasteiger partial charge in [0.15, 0.2) is 5.60 Å². The lowest BCUT2D eigenvalue weighted by Gasteiger charge is -2.39. The van der Waals surface area contributed by atoms with Crippen LogP contribution in [0, 0.1) is 0 Å². The molecule has 2 aliphatic rings. The van der Waals surface area contributed by atoms with Crippen LogP contribution < -0.4 is 0 Å². The van der Waals surface area contributed by atoms with E-state index in [1.54, 1.807) is 16.5 Å². The van der Waals surface area contributed by atoms with Crippen LogP contribution in [0.4, 0.5) is 0 Å². The number of hydrogen-bond donors (Lipinski definition) is 0. The number of amides is 2. The Morgan fingerprint density at radius 1 is 1.19 bits per heavy atom. The SMILES string of the molecule is COC(=O)C1(C)CN(C(=O)C(=O)N2CCC(c3cnn(C)c3)CC2)CCO1. The van der Waals surface area contributed by atoms with E-state index in [4.69, 9.17) is 9.47 Å². The Bertz CT molecular complexity index is 725. The first-order valence-corrected chi connectivity index (χ1v) is 9.13. The highest BCUT2D eigenvalue weighted by atomic mass is 16.6. The van der Waals surface area contributed by atoms with E-state index < -0.39 is 23.4 Å². The van der Waals surface area contributed by atoms with Crippen LogP contribution in [0.15, 0.2) is 12.4 Å². The van der Waals surface area contributed by atoms with Crippen molar-refractivity contribution < 1.29 is 23.9 Å². The Morgan fingerprint density at radius 3 is 2.44 bits per heavy atom. The fourth-order valence-corrected chi connectivity index (χ4v) is 3.72. The number of esters is 1. The van der Waals surface area contributed by atoms with E-state index in [0.717, 1.165) is 18.4 Å². The van der Waals surface area contributed by atoms with Crippen molar-refractivity contribution >= 4 is 17.8 Å². The van der Waals surface area contributed by atoms with Gasteiger partial charge in [0.1, 0.15) is 0 Å². The third-order valence-corrected chi connectivity index (χ3v) is 5.34. The zero-order valence-electron chi connectivity index (χ0n) is 16.0. The molecule has 2 fully saturated rings. The molecule has 1 unspecified atom stereocenters. The van der Waals surface area contributed by atoms with Gasteiger partial charge in [-0.1, -0.05) is 0 Å². The number of ether oxygens (including phenoxy) is 2. The summed E-state index contributed by atoms with van der Waals surface area (Å²) < 4.78 is 12.0. The normalized spacial score (nSPS) is 24.0. The summed E-state index contributed by atoms with van der Waals surface area (Å²) in [5.74, 6) is -1.31. The first-order chi connectivity index (χ1) is 12.8. The first-order valence-electron chi connectivity index (χ1n) is 9.13. The zero-order chi connectivity index (χ0) is 19.6. The summed E-state index contributed by atoms with van der Waals surface area (Å²) in [6.45, 7) is 3.11.